The number of ketones is 1. The number of amides is 1. The number of hydrogen-bond acceptors (Lipinski definition) is 5. The van der Waals surface area contributed by atoms with Crippen LogP contribution in [-0.4, -0.2) is 54.5 Å². The number of nitrogens with zero attached hydrogens (tertiary/aromatic N) is 1. The quantitative estimate of drug-likeness (QED) is 0.760. The minimum Gasteiger partial charge on any atom is -0.481 e. The molecule has 1 fully saturated rings. The minimum atomic E-state index is -1.03. The van der Waals surface area contributed by atoms with Gasteiger partial charge in [-0.1, -0.05) is 0 Å². The van der Waals surface area contributed by atoms with Gasteiger partial charge in [0.2, 0.25) is 5.91 Å². The molecule has 1 amide bonds. The largest absolute Gasteiger partial charge is 0.481 e. The molecule has 0 aromatic carbocycles. The molecule has 1 unspecified atom stereocenters. The van der Waals surface area contributed by atoms with Gasteiger partial charge in [0.1, 0.15) is 5.41 Å². The minimum absolute atomic E-state index is 0.0363. The van der Waals surface area contributed by atoms with Crippen LogP contribution in [0.1, 0.15) is 39.4 Å². The van der Waals surface area contributed by atoms with E-state index in [9.17, 15) is 19.5 Å². The van der Waals surface area contributed by atoms with Crippen molar-refractivity contribution in [3.05, 3.63) is 21.4 Å². The van der Waals surface area contributed by atoms with E-state index in [1.807, 2.05) is 19.9 Å². The van der Waals surface area contributed by atoms with E-state index in [0.717, 1.165) is 9.75 Å². The number of carboxylic acids is 1. The van der Waals surface area contributed by atoms with Crippen LogP contribution in [0, 0.1) is 19.3 Å². The van der Waals surface area contributed by atoms with E-state index in [4.69, 9.17) is 4.74 Å². The van der Waals surface area contributed by atoms with Crippen LogP contribution >= 0.6 is 11.3 Å². The van der Waals surface area contributed by atoms with Crippen LogP contribution in [0.2, 0.25) is 0 Å². The Morgan fingerprint density at radius 1 is 1.33 bits per heavy atom. The molecule has 7 heteroatoms. The monoisotopic (exact) mass is 353 g/mol. The highest BCUT2D eigenvalue weighted by Crippen LogP contribution is 2.32. The highest BCUT2D eigenvalue weighted by molar-refractivity contribution is 7.12. The molecule has 0 bridgehead atoms. The van der Waals surface area contributed by atoms with Gasteiger partial charge in [-0.25, -0.2) is 0 Å². The number of carbonyl (C=O) groups is 3. The normalized spacial score (nSPS) is 20.4. The molecule has 2 rings (SSSR count). The van der Waals surface area contributed by atoms with Crippen molar-refractivity contribution in [2.24, 2.45) is 5.41 Å². The second-order valence-electron chi connectivity index (χ2n) is 6.33. The summed E-state index contributed by atoms with van der Waals surface area (Å²) in [5, 5.41) is 9.42. The Morgan fingerprint density at radius 3 is 2.58 bits per heavy atom. The zero-order chi connectivity index (χ0) is 17.9. The topological polar surface area (TPSA) is 83.9 Å². The highest BCUT2D eigenvalue weighted by Gasteiger charge is 2.46. The first-order chi connectivity index (χ1) is 11.3. The Kier molecular flexibility index (Phi) is 5.77. The number of methoxy groups -OCH3 is 1. The Balaban J connectivity index is 1.93. The zero-order valence-corrected chi connectivity index (χ0v) is 15.1. The van der Waals surface area contributed by atoms with Crippen molar-refractivity contribution in [3.8, 4) is 0 Å². The molecule has 0 radical (unpaired) electrons. The molecule has 2 heterocycles. The Labute approximate surface area is 145 Å². The number of aryl methyl sites for hydroxylation is 2. The SMILES string of the molecule is COCC1(C(=O)O)CCN(C(=O)CCC(=O)c2cc(C)sc2C)C1. The van der Waals surface area contributed by atoms with Crippen LogP contribution in [0.5, 0.6) is 0 Å². The van der Waals surface area contributed by atoms with Crippen molar-refractivity contribution in [1.29, 1.82) is 0 Å². The number of carboxylic acid groups (broad SMARTS) is 1. The average molecular weight is 353 g/mol. The van der Waals surface area contributed by atoms with Crippen molar-refractivity contribution in [3.63, 3.8) is 0 Å². The average Bonchev–Trinajstić information content (AvgIpc) is 3.09. The third-order valence-corrected chi connectivity index (χ3v) is 5.45. The van der Waals surface area contributed by atoms with E-state index in [1.54, 1.807) is 11.3 Å². The van der Waals surface area contributed by atoms with Gasteiger partial charge in [0, 0.05) is 48.4 Å². The maximum absolute atomic E-state index is 12.3. The van der Waals surface area contributed by atoms with Crippen LogP contribution in [0.4, 0.5) is 0 Å². The molecule has 1 atom stereocenters. The summed E-state index contributed by atoms with van der Waals surface area (Å²) in [7, 11) is 1.46. The van der Waals surface area contributed by atoms with Crippen molar-refractivity contribution in [2.75, 3.05) is 26.8 Å². The molecule has 1 N–H and O–H groups in total. The van der Waals surface area contributed by atoms with Crippen molar-refractivity contribution in [2.45, 2.75) is 33.1 Å². The van der Waals surface area contributed by atoms with Gasteiger partial charge in [0.25, 0.3) is 0 Å². The summed E-state index contributed by atoms with van der Waals surface area (Å²) >= 11 is 1.57. The third-order valence-electron chi connectivity index (χ3n) is 4.49. The summed E-state index contributed by atoms with van der Waals surface area (Å²) < 4.78 is 5.02. The highest BCUT2D eigenvalue weighted by atomic mass is 32.1. The van der Waals surface area contributed by atoms with Crippen molar-refractivity contribution >= 4 is 29.0 Å². The van der Waals surface area contributed by atoms with Crippen LogP contribution < -0.4 is 0 Å². The lowest BCUT2D eigenvalue weighted by molar-refractivity contribution is -0.151. The summed E-state index contributed by atoms with van der Waals surface area (Å²) in [6, 6.07) is 1.86. The molecule has 0 aliphatic carbocycles. The number of hydrogen-bond donors (Lipinski definition) is 1. The number of carbonyl (C=O) groups excluding carboxylic acids is 2. The number of likely N-dealkylation sites (tertiary alicyclic amines) is 1. The van der Waals surface area contributed by atoms with Crippen molar-refractivity contribution in [1.82, 2.24) is 4.90 Å². The van der Waals surface area contributed by atoms with Gasteiger partial charge in [0.05, 0.1) is 6.61 Å². The van der Waals surface area contributed by atoms with Gasteiger partial charge < -0.3 is 14.7 Å². The first kappa shape index (κ1) is 18.6. The summed E-state index contributed by atoms with van der Waals surface area (Å²) in [5.74, 6) is -1.15. The zero-order valence-electron chi connectivity index (χ0n) is 14.3. The molecule has 132 valence electrons. The number of rotatable bonds is 7. The summed E-state index contributed by atoms with van der Waals surface area (Å²) in [4.78, 5) is 39.7. The molecule has 1 aliphatic rings. The summed E-state index contributed by atoms with van der Waals surface area (Å²) in [5.41, 5.74) is -0.346. The van der Waals surface area contributed by atoms with Crippen LogP contribution in [0.15, 0.2) is 6.07 Å². The lowest BCUT2D eigenvalue weighted by Gasteiger charge is -2.23. The molecule has 24 heavy (non-hydrogen) atoms. The van der Waals surface area contributed by atoms with Crippen LogP contribution in [0.25, 0.3) is 0 Å². The second-order valence-corrected chi connectivity index (χ2v) is 7.79. The molecule has 0 spiro atoms. The Hall–Kier alpha value is -1.73. The van der Waals surface area contributed by atoms with Gasteiger partial charge in [0.15, 0.2) is 5.78 Å². The van der Waals surface area contributed by atoms with Crippen LogP contribution in [-0.2, 0) is 14.3 Å². The van der Waals surface area contributed by atoms with E-state index in [-0.39, 0.29) is 37.7 Å². The summed E-state index contributed by atoms with van der Waals surface area (Å²) in [6.07, 6.45) is 0.630. The van der Waals surface area contributed by atoms with Crippen molar-refractivity contribution < 1.29 is 24.2 Å². The lowest BCUT2D eigenvalue weighted by Crippen LogP contribution is -2.40. The third kappa shape index (κ3) is 3.84. The van der Waals surface area contributed by atoms with Gasteiger partial charge in [-0.3, -0.25) is 14.4 Å². The maximum atomic E-state index is 12.3. The standard InChI is InChI=1S/C17H23NO5S/c1-11-8-13(12(2)24-11)14(19)4-5-15(20)18-7-6-17(9-18,10-23-3)16(21)22/h8H,4-7,9-10H2,1-3H3,(H,21,22). The molecule has 1 aromatic rings. The fraction of sp³-hybridized carbons (Fsp3) is 0.588. The molecule has 1 aromatic heterocycles. The van der Waals surface area contributed by atoms with Crippen LogP contribution in [0.3, 0.4) is 0 Å². The fourth-order valence-corrected chi connectivity index (χ4v) is 4.08. The van der Waals surface area contributed by atoms with E-state index in [1.165, 1.54) is 12.0 Å². The summed E-state index contributed by atoms with van der Waals surface area (Å²) in [6.45, 7) is 4.46. The van der Waals surface area contributed by atoms with E-state index in [0.29, 0.717) is 18.5 Å². The molecular weight excluding hydrogens is 330 g/mol. The maximum Gasteiger partial charge on any atom is 0.313 e. The van der Waals surface area contributed by atoms with E-state index in [2.05, 4.69) is 0 Å². The number of Topliss-reactive ketones (excluding diaryl/α,β-unsaturated/α-hetero) is 1. The number of thiophene rings is 1. The van der Waals surface area contributed by atoms with Gasteiger partial charge >= 0.3 is 5.97 Å². The molecular formula is C17H23NO5S. The molecule has 1 aliphatic heterocycles. The predicted molar refractivity (Wildman–Crippen MR) is 90.5 cm³/mol. The van der Waals surface area contributed by atoms with E-state index < -0.39 is 11.4 Å². The predicted octanol–water partition coefficient (Wildman–Crippen LogP) is 2.28. The first-order valence-corrected chi connectivity index (χ1v) is 8.71. The number of ether oxygens (including phenoxy) is 1. The molecule has 1 saturated heterocycles. The Bertz CT molecular complexity index is 653. The second kappa shape index (κ2) is 7.44. The number of aliphatic carboxylic acids is 1. The molecule has 6 nitrogen and oxygen atoms in total. The Morgan fingerprint density at radius 2 is 2.04 bits per heavy atom. The van der Waals surface area contributed by atoms with Gasteiger partial charge in [-0.15, -0.1) is 11.3 Å². The smallest absolute Gasteiger partial charge is 0.313 e. The first-order valence-electron chi connectivity index (χ1n) is 7.89. The van der Waals surface area contributed by atoms with E-state index >= 15 is 0 Å². The lowest BCUT2D eigenvalue weighted by atomic mass is 9.88. The fourth-order valence-electron chi connectivity index (χ4n) is 3.14. The van der Waals surface area contributed by atoms with Gasteiger partial charge in [-0.05, 0) is 26.3 Å². The molecule has 0 saturated carbocycles. The van der Waals surface area contributed by atoms with Gasteiger partial charge in [-0.2, -0.15) is 0 Å².